The molecule has 92 valence electrons. The average molecular weight is 259 g/mol. The predicted octanol–water partition coefficient (Wildman–Crippen LogP) is 1.49. The first-order valence-corrected chi connectivity index (χ1v) is 6.85. The van der Waals surface area contributed by atoms with Crippen molar-refractivity contribution in [2.24, 2.45) is 5.84 Å². The molecule has 5 nitrogen and oxygen atoms in total. The van der Waals surface area contributed by atoms with E-state index in [0.29, 0.717) is 6.42 Å². The number of hydrogen-bond acceptors (Lipinski definition) is 6. The number of nitrogens with two attached hydrogens (primary N) is 1. The number of rotatable bonds is 3. The summed E-state index contributed by atoms with van der Waals surface area (Å²) in [5.74, 6) is 8.89. The third-order valence-electron chi connectivity index (χ3n) is 2.83. The van der Waals surface area contributed by atoms with Gasteiger partial charge in [0.1, 0.15) is 11.6 Å². The highest BCUT2D eigenvalue weighted by Crippen LogP contribution is 2.32. The van der Waals surface area contributed by atoms with E-state index in [-0.39, 0.29) is 0 Å². The predicted molar refractivity (Wildman–Crippen MR) is 71.9 cm³/mol. The van der Waals surface area contributed by atoms with E-state index < -0.39 is 0 Å². The van der Waals surface area contributed by atoms with Crippen LogP contribution in [0.2, 0.25) is 0 Å². The van der Waals surface area contributed by atoms with Gasteiger partial charge in [0.25, 0.3) is 0 Å². The van der Waals surface area contributed by atoms with Gasteiger partial charge >= 0.3 is 0 Å². The van der Waals surface area contributed by atoms with Crippen molar-refractivity contribution >= 4 is 17.6 Å². The van der Waals surface area contributed by atoms with Gasteiger partial charge in [-0.05, 0) is 12.1 Å². The standard InChI is InChI=1S/C12H13N5S/c13-17-12-9-6-18-7-10(9)15-11(16-12)5-8-3-1-2-4-14-8/h1-4H,5-7,13H2,(H,15,16,17). The zero-order valence-electron chi connectivity index (χ0n) is 9.76. The van der Waals surface area contributed by atoms with Gasteiger partial charge in [0.15, 0.2) is 0 Å². The summed E-state index contributed by atoms with van der Waals surface area (Å²) in [6.45, 7) is 0. The van der Waals surface area contributed by atoms with Crippen LogP contribution in [0.5, 0.6) is 0 Å². The van der Waals surface area contributed by atoms with Crippen molar-refractivity contribution in [1.29, 1.82) is 0 Å². The lowest BCUT2D eigenvalue weighted by atomic mass is 10.2. The van der Waals surface area contributed by atoms with E-state index in [0.717, 1.165) is 40.1 Å². The molecule has 3 heterocycles. The molecule has 0 amide bonds. The lowest BCUT2D eigenvalue weighted by Gasteiger charge is -2.08. The van der Waals surface area contributed by atoms with Crippen molar-refractivity contribution in [1.82, 2.24) is 15.0 Å². The molecule has 1 aliphatic heterocycles. The minimum Gasteiger partial charge on any atom is -0.308 e. The fourth-order valence-corrected chi connectivity index (χ4v) is 3.01. The van der Waals surface area contributed by atoms with Gasteiger partial charge in [-0.15, -0.1) is 0 Å². The summed E-state index contributed by atoms with van der Waals surface area (Å²) in [4.78, 5) is 13.3. The summed E-state index contributed by atoms with van der Waals surface area (Å²) in [6.07, 6.45) is 2.41. The van der Waals surface area contributed by atoms with Crippen molar-refractivity contribution in [2.45, 2.75) is 17.9 Å². The van der Waals surface area contributed by atoms with Crippen LogP contribution in [0.1, 0.15) is 22.8 Å². The Kier molecular flexibility index (Phi) is 3.12. The molecule has 0 aliphatic carbocycles. The summed E-state index contributed by atoms with van der Waals surface area (Å²) in [6, 6.07) is 5.84. The number of aromatic nitrogens is 3. The third-order valence-corrected chi connectivity index (χ3v) is 3.80. The van der Waals surface area contributed by atoms with Gasteiger partial charge in [-0.1, -0.05) is 6.07 Å². The van der Waals surface area contributed by atoms with Crippen LogP contribution in [0.4, 0.5) is 5.82 Å². The Hall–Kier alpha value is -1.66. The fourth-order valence-electron chi connectivity index (χ4n) is 1.97. The smallest absolute Gasteiger partial charge is 0.148 e. The topological polar surface area (TPSA) is 76.7 Å². The Morgan fingerprint density at radius 3 is 3.00 bits per heavy atom. The molecular weight excluding hydrogens is 246 g/mol. The SMILES string of the molecule is NNc1nc(Cc2ccccn2)nc2c1CSC2. The van der Waals surface area contributed by atoms with Crippen molar-refractivity contribution < 1.29 is 0 Å². The second-order valence-corrected chi connectivity index (χ2v) is 5.03. The molecule has 1 aliphatic rings. The van der Waals surface area contributed by atoms with Gasteiger partial charge in [-0.2, -0.15) is 11.8 Å². The Morgan fingerprint density at radius 1 is 1.28 bits per heavy atom. The fraction of sp³-hybridized carbons (Fsp3) is 0.250. The van der Waals surface area contributed by atoms with E-state index in [4.69, 9.17) is 5.84 Å². The molecule has 2 aromatic heterocycles. The molecule has 3 N–H and O–H groups in total. The minimum absolute atomic E-state index is 0.632. The molecule has 0 saturated heterocycles. The molecule has 0 radical (unpaired) electrons. The minimum atomic E-state index is 0.632. The molecule has 0 atom stereocenters. The average Bonchev–Trinajstić information content (AvgIpc) is 2.87. The zero-order valence-corrected chi connectivity index (χ0v) is 10.6. The number of hydrogen-bond donors (Lipinski definition) is 2. The molecule has 0 aromatic carbocycles. The van der Waals surface area contributed by atoms with Crippen LogP contribution in [-0.2, 0) is 17.9 Å². The number of nitrogen functional groups attached to an aromatic ring is 1. The Balaban J connectivity index is 1.94. The molecule has 18 heavy (non-hydrogen) atoms. The van der Waals surface area contributed by atoms with Crippen molar-refractivity contribution in [3.63, 3.8) is 0 Å². The lowest BCUT2D eigenvalue weighted by molar-refractivity contribution is 0.904. The van der Waals surface area contributed by atoms with Gasteiger partial charge in [0, 0.05) is 29.0 Å². The van der Waals surface area contributed by atoms with Crippen molar-refractivity contribution in [3.8, 4) is 0 Å². The van der Waals surface area contributed by atoms with Crippen LogP contribution in [0.3, 0.4) is 0 Å². The maximum atomic E-state index is 5.52. The number of nitrogens with one attached hydrogen (secondary N) is 1. The Bertz CT molecular complexity index is 558. The lowest BCUT2D eigenvalue weighted by Crippen LogP contribution is -2.14. The molecule has 0 saturated carbocycles. The van der Waals surface area contributed by atoms with E-state index in [2.05, 4.69) is 20.4 Å². The Morgan fingerprint density at radius 2 is 2.22 bits per heavy atom. The highest BCUT2D eigenvalue weighted by molar-refractivity contribution is 7.98. The molecule has 3 rings (SSSR count). The summed E-state index contributed by atoms with van der Waals surface area (Å²) >= 11 is 1.83. The number of hydrazine groups is 1. The quantitative estimate of drug-likeness (QED) is 0.642. The van der Waals surface area contributed by atoms with Crippen LogP contribution in [0.15, 0.2) is 24.4 Å². The first-order valence-electron chi connectivity index (χ1n) is 5.70. The van der Waals surface area contributed by atoms with Crippen LogP contribution in [0.25, 0.3) is 0 Å². The number of fused-ring (bicyclic) bond motifs is 1. The molecule has 0 spiro atoms. The maximum Gasteiger partial charge on any atom is 0.148 e. The van der Waals surface area contributed by atoms with Gasteiger partial charge in [-0.25, -0.2) is 15.8 Å². The van der Waals surface area contributed by atoms with Crippen molar-refractivity contribution in [2.75, 3.05) is 5.43 Å². The summed E-state index contributed by atoms with van der Waals surface area (Å²) in [5.41, 5.74) is 5.86. The van der Waals surface area contributed by atoms with Gasteiger partial charge in [0.2, 0.25) is 0 Å². The monoisotopic (exact) mass is 259 g/mol. The van der Waals surface area contributed by atoms with Gasteiger partial charge < -0.3 is 5.43 Å². The van der Waals surface area contributed by atoms with Crippen LogP contribution >= 0.6 is 11.8 Å². The molecule has 0 fully saturated rings. The molecular formula is C12H13N5S. The molecule has 6 heteroatoms. The molecule has 0 bridgehead atoms. The van der Waals surface area contributed by atoms with Gasteiger partial charge in [-0.3, -0.25) is 4.98 Å². The molecule has 2 aromatic rings. The second-order valence-electron chi connectivity index (χ2n) is 4.05. The number of nitrogens with zero attached hydrogens (tertiary/aromatic N) is 3. The maximum absolute atomic E-state index is 5.52. The van der Waals surface area contributed by atoms with E-state index >= 15 is 0 Å². The summed E-state index contributed by atoms with van der Waals surface area (Å²) in [5, 5.41) is 0. The highest BCUT2D eigenvalue weighted by Gasteiger charge is 2.19. The summed E-state index contributed by atoms with van der Waals surface area (Å²) < 4.78 is 0. The Labute approximate surface area is 109 Å². The van der Waals surface area contributed by atoms with E-state index in [9.17, 15) is 0 Å². The number of pyridine rings is 1. The highest BCUT2D eigenvalue weighted by atomic mass is 32.2. The van der Waals surface area contributed by atoms with Crippen LogP contribution in [-0.4, -0.2) is 15.0 Å². The van der Waals surface area contributed by atoms with Gasteiger partial charge in [0.05, 0.1) is 12.1 Å². The first kappa shape index (κ1) is 11.4. The second kappa shape index (κ2) is 4.91. The van der Waals surface area contributed by atoms with Crippen LogP contribution in [0, 0.1) is 0 Å². The number of anilines is 1. The zero-order chi connectivity index (χ0) is 12.4. The molecule has 0 unspecified atom stereocenters. The van der Waals surface area contributed by atoms with Crippen LogP contribution < -0.4 is 11.3 Å². The first-order chi connectivity index (χ1) is 8.86. The number of thioether (sulfide) groups is 1. The van der Waals surface area contributed by atoms with E-state index in [1.807, 2.05) is 30.0 Å². The van der Waals surface area contributed by atoms with Crippen molar-refractivity contribution in [3.05, 3.63) is 47.2 Å². The summed E-state index contributed by atoms with van der Waals surface area (Å²) in [7, 11) is 0. The normalized spacial score (nSPS) is 13.4. The van der Waals surface area contributed by atoms with E-state index in [1.165, 1.54) is 0 Å². The largest absolute Gasteiger partial charge is 0.308 e. The third kappa shape index (κ3) is 2.16. The van der Waals surface area contributed by atoms with E-state index in [1.54, 1.807) is 6.20 Å².